The molecule has 0 aliphatic rings. The van der Waals surface area contributed by atoms with Crippen LogP contribution in [0.1, 0.15) is 205 Å². The van der Waals surface area contributed by atoms with Crippen LogP contribution in [0.3, 0.4) is 0 Å². The van der Waals surface area contributed by atoms with E-state index >= 15 is 0 Å². The molecule has 0 amide bonds. The summed E-state index contributed by atoms with van der Waals surface area (Å²) in [5.41, 5.74) is 0. The lowest BCUT2D eigenvalue weighted by molar-refractivity contribution is 0.282. The molecule has 0 spiro atoms. The van der Waals surface area contributed by atoms with Crippen LogP contribution in [0.4, 0.5) is 0 Å². The third kappa shape index (κ3) is 20.6. The lowest BCUT2D eigenvalue weighted by Crippen LogP contribution is -2.02. The fraction of sp³-hybridized carbons (Fsp3) is 0.720. The Bertz CT molecular complexity index is 1130. The number of unbranched alkanes of at least 4 members (excludes halogenated alkanes) is 30. The number of hydrogen-bond acceptors (Lipinski definition) is 4. The van der Waals surface area contributed by atoms with Crippen LogP contribution in [-0.2, 0) is 0 Å². The number of benzene rings is 3. The van der Waals surface area contributed by atoms with Crippen LogP contribution < -0.4 is 9.47 Å². The van der Waals surface area contributed by atoms with Crippen LogP contribution in [0.5, 0.6) is 11.5 Å². The summed E-state index contributed by atoms with van der Waals surface area (Å²) >= 11 is 0. The summed E-state index contributed by atoms with van der Waals surface area (Å²) < 4.78 is 13.2. The second-order valence-corrected chi connectivity index (χ2v) is 16.2. The van der Waals surface area contributed by atoms with E-state index < -0.39 is 0 Å². The lowest BCUT2D eigenvalue weighted by atomic mass is 10.0. The molecule has 0 radical (unpaired) electrons. The molecule has 0 aromatic heterocycles. The SMILES string of the molecule is OCCCCCCCCCCCCCCCCCCOc1c2ccccc2c(OCCCCCCCCCCCCCCCCCCO)c2ccccc12. The van der Waals surface area contributed by atoms with Gasteiger partial charge in [0.15, 0.2) is 0 Å². The predicted octanol–water partition coefficient (Wildman–Crippen LogP) is 15.2. The van der Waals surface area contributed by atoms with Crippen molar-refractivity contribution >= 4 is 21.5 Å². The van der Waals surface area contributed by atoms with Crippen LogP contribution in [0.15, 0.2) is 48.5 Å². The van der Waals surface area contributed by atoms with Crippen LogP contribution in [0, 0.1) is 0 Å². The third-order valence-corrected chi connectivity index (χ3v) is 11.4. The molecule has 0 aliphatic carbocycles. The molecule has 0 bridgehead atoms. The Balaban J connectivity index is 1.25. The first kappa shape index (κ1) is 46.1. The van der Waals surface area contributed by atoms with Crippen LogP contribution in [0.2, 0.25) is 0 Å². The molecule has 2 N–H and O–H groups in total. The Labute approximate surface area is 332 Å². The van der Waals surface area contributed by atoms with Gasteiger partial charge in [0, 0.05) is 34.8 Å². The molecule has 0 saturated heterocycles. The Hall–Kier alpha value is -2.30. The van der Waals surface area contributed by atoms with Crippen molar-refractivity contribution in [2.45, 2.75) is 205 Å². The van der Waals surface area contributed by atoms with Gasteiger partial charge in [-0.05, 0) is 25.7 Å². The standard InChI is InChI=1S/C50H82O4/c51-41-33-25-21-17-13-9-5-1-3-7-11-15-19-23-27-35-43-53-49-45-37-29-31-39-47(45)50(48-40-32-30-38-46(48)49)54-44-36-28-24-20-16-12-8-4-2-6-10-14-18-22-26-34-42-52/h29-32,37-40,51-52H,1-28,33-36,41-44H2. The van der Waals surface area contributed by atoms with Crippen LogP contribution in [-0.4, -0.2) is 36.6 Å². The van der Waals surface area contributed by atoms with Gasteiger partial charge in [0.2, 0.25) is 0 Å². The first-order valence-electron chi connectivity index (χ1n) is 23.3. The molecular formula is C50H82O4. The van der Waals surface area contributed by atoms with Crippen molar-refractivity contribution in [3.8, 4) is 11.5 Å². The maximum atomic E-state index is 8.86. The van der Waals surface area contributed by atoms with Crippen LogP contribution in [0.25, 0.3) is 21.5 Å². The van der Waals surface area contributed by atoms with Crippen LogP contribution >= 0.6 is 0 Å². The van der Waals surface area contributed by atoms with Gasteiger partial charge in [-0.3, -0.25) is 0 Å². The Morgan fingerprint density at radius 1 is 0.259 bits per heavy atom. The second kappa shape index (κ2) is 32.9. The second-order valence-electron chi connectivity index (χ2n) is 16.2. The van der Waals surface area contributed by atoms with Gasteiger partial charge in [-0.2, -0.15) is 0 Å². The minimum Gasteiger partial charge on any atom is -0.492 e. The van der Waals surface area contributed by atoms with Crippen molar-refractivity contribution in [2.75, 3.05) is 26.4 Å². The molecule has 0 aliphatic heterocycles. The van der Waals surface area contributed by atoms with Crippen molar-refractivity contribution in [1.82, 2.24) is 0 Å². The van der Waals surface area contributed by atoms with Crippen molar-refractivity contribution in [3.63, 3.8) is 0 Å². The van der Waals surface area contributed by atoms with E-state index in [9.17, 15) is 0 Å². The van der Waals surface area contributed by atoms with Gasteiger partial charge >= 0.3 is 0 Å². The monoisotopic (exact) mass is 747 g/mol. The highest BCUT2D eigenvalue weighted by molar-refractivity contribution is 6.11. The highest BCUT2D eigenvalue weighted by Crippen LogP contribution is 2.42. The molecule has 4 heteroatoms. The van der Waals surface area contributed by atoms with E-state index in [-0.39, 0.29) is 0 Å². The first-order chi connectivity index (χ1) is 26.9. The van der Waals surface area contributed by atoms with Gasteiger partial charge in [-0.25, -0.2) is 0 Å². The van der Waals surface area contributed by atoms with Gasteiger partial charge in [-0.15, -0.1) is 0 Å². The van der Waals surface area contributed by atoms with Gasteiger partial charge in [0.1, 0.15) is 11.5 Å². The number of aliphatic hydroxyl groups is 2. The Kier molecular flexibility index (Phi) is 28.1. The van der Waals surface area contributed by atoms with Gasteiger partial charge in [0.25, 0.3) is 0 Å². The van der Waals surface area contributed by atoms with Gasteiger partial charge in [-0.1, -0.05) is 228 Å². The number of rotatable bonds is 38. The largest absolute Gasteiger partial charge is 0.492 e. The van der Waals surface area contributed by atoms with E-state index in [1.54, 1.807) is 0 Å². The van der Waals surface area contributed by atoms with Crippen molar-refractivity contribution in [3.05, 3.63) is 48.5 Å². The van der Waals surface area contributed by atoms with E-state index in [0.717, 1.165) is 50.4 Å². The Morgan fingerprint density at radius 3 is 0.648 bits per heavy atom. The quantitative estimate of drug-likeness (QED) is 0.0453. The normalized spacial score (nSPS) is 11.6. The first-order valence-corrected chi connectivity index (χ1v) is 23.3. The molecule has 3 aromatic carbocycles. The summed E-state index contributed by atoms with van der Waals surface area (Å²) in [6.45, 7) is 2.24. The number of fused-ring (bicyclic) bond motifs is 2. The summed E-state index contributed by atoms with van der Waals surface area (Å²) in [4.78, 5) is 0. The maximum Gasteiger partial charge on any atom is 0.135 e. The van der Waals surface area contributed by atoms with E-state index in [2.05, 4.69) is 48.5 Å². The topological polar surface area (TPSA) is 58.9 Å². The van der Waals surface area contributed by atoms with E-state index in [1.165, 1.54) is 201 Å². The van der Waals surface area contributed by atoms with Gasteiger partial charge in [0.05, 0.1) is 13.2 Å². The zero-order valence-corrected chi connectivity index (χ0v) is 34.8. The molecule has 0 fully saturated rings. The molecule has 4 nitrogen and oxygen atoms in total. The average Bonchev–Trinajstić information content (AvgIpc) is 3.20. The number of ether oxygens (including phenoxy) is 2. The maximum absolute atomic E-state index is 8.86. The fourth-order valence-corrected chi connectivity index (χ4v) is 8.09. The summed E-state index contributed by atoms with van der Waals surface area (Å²) in [6.07, 6.45) is 41.9. The average molecular weight is 747 g/mol. The molecule has 0 heterocycles. The molecule has 0 saturated carbocycles. The molecule has 0 unspecified atom stereocenters. The van der Waals surface area contributed by atoms with Crippen molar-refractivity contribution < 1.29 is 19.7 Å². The molecule has 3 aromatic rings. The van der Waals surface area contributed by atoms with E-state index in [0.29, 0.717) is 13.2 Å². The summed E-state index contributed by atoms with van der Waals surface area (Å²) in [5.74, 6) is 2.03. The summed E-state index contributed by atoms with van der Waals surface area (Å²) in [7, 11) is 0. The number of aliphatic hydroxyl groups excluding tert-OH is 2. The molecule has 3 rings (SSSR count). The molecule has 306 valence electrons. The smallest absolute Gasteiger partial charge is 0.135 e. The fourth-order valence-electron chi connectivity index (χ4n) is 8.09. The van der Waals surface area contributed by atoms with E-state index in [4.69, 9.17) is 19.7 Å². The Morgan fingerprint density at radius 2 is 0.444 bits per heavy atom. The van der Waals surface area contributed by atoms with E-state index in [1.807, 2.05) is 0 Å². The third-order valence-electron chi connectivity index (χ3n) is 11.4. The number of hydrogen-bond donors (Lipinski definition) is 2. The predicted molar refractivity (Wildman–Crippen MR) is 234 cm³/mol. The van der Waals surface area contributed by atoms with Crippen molar-refractivity contribution in [1.29, 1.82) is 0 Å². The summed E-state index contributed by atoms with van der Waals surface area (Å²) in [6, 6.07) is 17.3. The summed E-state index contributed by atoms with van der Waals surface area (Å²) in [5, 5.41) is 22.4. The highest BCUT2D eigenvalue weighted by Gasteiger charge is 2.16. The minimum absolute atomic E-state index is 0.354. The zero-order chi connectivity index (χ0) is 38.0. The lowest BCUT2D eigenvalue weighted by Gasteiger charge is -2.18. The zero-order valence-electron chi connectivity index (χ0n) is 34.8. The van der Waals surface area contributed by atoms with Crippen molar-refractivity contribution in [2.24, 2.45) is 0 Å². The minimum atomic E-state index is 0.354. The molecule has 0 atom stereocenters. The van der Waals surface area contributed by atoms with Gasteiger partial charge < -0.3 is 19.7 Å². The molecular weight excluding hydrogens is 665 g/mol. The molecule has 54 heavy (non-hydrogen) atoms. The highest BCUT2D eigenvalue weighted by atomic mass is 16.5.